The molecule has 0 aromatic carbocycles. The van der Waals surface area contributed by atoms with Gasteiger partial charge in [0.2, 0.25) is 0 Å². The van der Waals surface area contributed by atoms with Crippen LogP contribution in [-0.4, -0.2) is 13.1 Å². The van der Waals surface area contributed by atoms with Crippen molar-refractivity contribution in [2.24, 2.45) is 0 Å². The monoisotopic (exact) mass is 196 g/mol. The van der Waals surface area contributed by atoms with E-state index in [0.717, 1.165) is 25.0 Å². The van der Waals surface area contributed by atoms with Gasteiger partial charge in [0.25, 0.3) is 0 Å². The molecular weight excluding hydrogens is 180 g/mol. The zero-order chi connectivity index (χ0) is 10.4. The van der Waals surface area contributed by atoms with E-state index in [1.807, 2.05) is 6.08 Å². The molecule has 0 aliphatic carbocycles. The quantitative estimate of drug-likeness (QED) is 0.648. The van der Waals surface area contributed by atoms with Crippen LogP contribution in [0.15, 0.2) is 23.7 Å². The largest absolute Gasteiger partial charge is 0.501 e. The van der Waals surface area contributed by atoms with Gasteiger partial charge in [-0.25, -0.2) is 4.79 Å². The first-order valence-corrected chi connectivity index (χ1v) is 4.91. The maximum absolute atomic E-state index is 11.2. The number of methoxy groups -OCH3 is 1. The lowest BCUT2D eigenvalue weighted by atomic mass is 10.2. The SMILES string of the molecule is CCCCC1=CCC(OC)=CC(=O)O1. The molecule has 0 N–H and O–H groups in total. The van der Waals surface area contributed by atoms with E-state index in [-0.39, 0.29) is 5.97 Å². The summed E-state index contributed by atoms with van der Waals surface area (Å²) in [5.41, 5.74) is 0. The Bertz CT molecular complexity index is 264. The number of hydrogen-bond donors (Lipinski definition) is 0. The van der Waals surface area contributed by atoms with Crippen LogP contribution in [0.5, 0.6) is 0 Å². The van der Waals surface area contributed by atoms with Gasteiger partial charge in [-0.05, 0) is 12.5 Å². The Kier molecular flexibility index (Phi) is 4.23. The van der Waals surface area contributed by atoms with Gasteiger partial charge in [-0.2, -0.15) is 0 Å². The van der Waals surface area contributed by atoms with Crippen molar-refractivity contribution in [3.05, 3.63) is 23.7 Å². The summed E-state index contributed by atoms with van der Waals surface area (Å²) in [6, 6.07) is 0. The van der Waals surface area contributed by atoms with E-state index < -0.39 is 0 Å². The van der Waals surface area contributed by atoms with Crippen LogP contribution >= 0.6 is 0 Å². The van der Waals surface area contributed by atoms with Gasteiger partial charge in [0.15, 0.2) is 0 Å². The molecule has 1 rings (SSSR count). The van der Waals surface area contributed by atoms with Gasteiger partial charge in [0.05, 0.1) is 13.2 Å². The lowest BCUT2D eigenvalue weighted by Gasteiger charge is -2.03. The number of cyclic esters (lactones) is 1. The summed E-state index contributed by atoms with van der Waals surface area (Å²) >= 11 is 0. The van der Waals surface area contributed by atoms with E-state index in [0.29, 0.717) is 12.2 Å². The topological polar surface area (TPSA) is 35.5 Å². The van der Waals surface area contributed by atoms with E-state index in [4.69, 9.17) is 9.47 Å². The van der Waals surface area contributed by atoms with E-state index in [1.165, 1.54) is 6.08 Å². The van der Waals surface area contributed by atoms with Crippen molar-refractivity contribution in [2.75, 3.05) is 7.11 Å². The van der Waals surface area contributed by atoms with Gasteiger partial charge in [0.1, 0.15) is 11.5 Å². The number of unbranched alkanes of at least 4 members (excludes halogenated alkanes) is 1. The molecule has 14 heavy (non-hydrogen) atoms. The van der Waals surface area contributed by atoms with Crippen LogP contribution in [0.4, 0.5) is 0 Å². The normalized spacial score (nSPS) is 16.6. The van der Waals surface area contributed by atoms with Crippen LogP contribution in [0.3, 0.4) is 0 Å². The third kappa shape index (κ3) is 3.24. The lowest BCUT2D eigenvalue weighted by molar-refractivity contribution is -0.134. The average Bonchev–Trinajstić information content (AvgIpc) is 2.36. The molecule has 0 bridgehead atoms. The highest BCUT2D eigenvalue weighted by Crippen LogP contribution is 2.17. The van der Waals surface area contributed by atoms with Crippen LogP contribution in [0.25, 0.3) is 0 Å². The molecule has 0 saturated carbocycles. The summed E-state index contributed by atoms with van der Waals surface area (Å²) in [6.45, 7) is 2.11. The second-order valence-corrected chi connectivity index (χ2v) is 3.21. The zero-order valence-electron chi connectivity index (χ0n) is 8.71. The predicted octanol–water partition coefficient (Wildman–Crippen LogP) is 2.54. The first kappa shape index (κ1) is 10.8. The lowest BCUT2D eigenvalue weighted by Crippen LogP contribution is -1.99. The van der Waals surface area contributed by atoms with Gasteiger partial charge in [-0.3, -0.25) is 0 Å². The van der Waals surface area contributed by atoms with Crippen LogP contribution in [0, 0.1) is 0 Å². The highest BCUT2D eigenvalue weighted by atomic mass is 16.5. The molecule has 78 valence electrons. The van der Waals surface area contributed by atoms with Crippen LogP contribution in [-0.2, 0) is 14.3 Å². The van der Waals surface area contributed by atoms with E-state index in [9.17, 15) is 4.79 Å². The smallest absolute Gasteiger partial charge is 0.339 e. The van der Waals surface area contributed by atoms with Crippen molar-refractivity contribution in [1.82, 2.24) is 0 Å². The molecule has 0 amide bonds. The fourth-order valence-electron chi connectivity index (χ4n) is 1.25. The third-order valence-corrected chi connectivity index (χ3v) is 2.08. The Hall–Kier alpha value is -1.25. The Morgan fingerprint density at radius 3 is 3.00 bits per heavy atom. The molecule has 0 aromatic rings. The summed E-state index contributed by atoms with van der Waals surface area (Å²) in [4.78, 5) is 11.2. The minimum atomic E-state index is -0.332. The van der Waals surface area contributed by atoms with Crippen LogP contribution in [0.1, 0.15) is 32.6 Å². The van der Waals surface area contributed by atoms with Gasteiger partial charge in [-0.15, -0.1) is 0 Å². The van der Waals surface area contributed by atoms with Gasteiger partial charge < -0.3 is 9.47 Å². The fourth-order valence-corrected chi connectivity index (χ4v) is 1.25. The minimum Gasteiger partial charge on any atom is -0.501 e. The molecule has 0 saturated heterocycles. The standard InChI is InChI=1S/C11H16O3/c1-3-4-5-9-6-7-10(13-2)8-11(12)14-9/h6,8H,3-5,7H2,1-2H3. The molecule has 0 spiro atoms. The summed E-state index contributed by atoms with van der Waals surface area (Å²) < 4.78 is 10.1. The fraction of sp³-hybridized carbons (Fsp3) is 0.545. The third-order valence-electron chi connectivity index (χ3n) is 2.08. The van der Waals surface area contributed by atoms with E-state index >= 15 is 0 Å². The Labute approximate surface area is 84.4 Å². The van der Waals surface area contributed by atoms with Crippen molar-refractivity contribution >= 4 is 5.97 Å². The number of carbonyl (C=O) groups is 1. The van der Waals surface area contributed by atoms with Crippen molar-refractivity contribution < 1.29 is 14.3 Å². The van der Waals surface area contributed by atoms with Gasteiger partial charge in [0, 0.05) is 12.8 Å². The zero-order valence-corrected chi connectivity index (χ0v) is 8.71. The maximum Gasteiger partial charge on any atom is 0.339 e. The molecule has 3 nitrogen and oxygen atoms in total. The van der Waals surface area contributed by atoms with Gasteiger partial charge in [-0.1, -0.05) is 13.3 Å². The summed E-state index contributed by atoms with van der Waals surface area (Å²) in [5, 5.41) is 0. The first-order valence-electron chi connectivity index (χ1n) is 4.91. The number of allylic oxidation sites excluding steroid dienone is 2. The predicted molar refractivity (Wildman–Crippen MR) is 53.4 cm³/mol. The van der Waals surface area contributed by atoms with Crippen molar-refractivity contribution in [3.63, 3.8) is 0 Å². The Morgan fingerprint density at radius 2 is 2.36 bits per heavy atom. The number of rotatable bonds is 4. The minimum absolute atomic E-state index is 0.332. The summed E-state index contributed by atoms with van der Waals surface area (Å²) in [7, 11) is 1.56. The molecule has 1 aliphatic rings. The van der Waals surface area contributed by atoms with Crippen molar-refractivity contribution in [1.29, 1.82) is 0 Å². The second kappa shape index (κ2) is 5.47. The molecule has 0 unspecified atom stereocenters. The van der Waals surface area contributed by atoms with Gasteiger partial charge >= 0.3 is 5.97 Å². The number of esters is 1. The molecule has 0 radical (unpaired) electrons. The number of carbonyl (C=O) groups excluding carboxylic acids is 1. The molecule has 0 fully saturated rings. The van der Waals surface area contributed by atoms with E-state index in [1.54, 1.807) is 7.11 Å². The van der Waals surface area contributed by atoms with Crippen molar-refractivity contribution in [3.8, 4) is 0 Å². The Morgan fingerprint density at radius 1 is 1.57 bits per heavy atom. The molecule has 0 atom stereocenters. The average molecular weight is 196 g/mol. The highest BCUT2D eigenvalue weighted by molar-refractivity contribution is 5.83. The second-order valence-electron chi connectivity index (χ2n) is 3.21. The van der Waals surface area contributed by atoms with Crippen molar-refractivity contribution in [2.45, 2.75) is 32.6 Å². The van der Waals surface area contributed by atoms with E-state index in [2.05, 4.69) is 6.92 Å². The molecule has 1 aliphatic heterocycles. The Balaban J connectivity index is 2.57. The molecule has 1 heterocycles. The summed E-state index contributed by atoms with van der Waals surface area (Å²) in [5.74, 6) is 1.09. The molecule has 3 heteroatoms. The molecular formula is C11H16O3. The maximum atomic E-state index is 11.2. The first-order chi connectivity index (χ1) is 6.76. The number of hydrogen-bond acceptors (Lipinski definition) is 3. The van der Waals surface area contributed by atoms with Crippen LogP contribution < -0.4 is 0 Å². The van der Waals surface area contributed by atoms with Crippen LogP contribution in [0.2, 0.25) is 0 Å². The highest BCUT2D eigenvalue weighted by Gasteiger charge is 2.11. The molecule has 0 aromatic heterocycles. The number of ether oxygens (including phenoxy) is 2. The summed E-state index contributed by atoms with van der Waals surface area (Å²) in [6.07, 6.45) is 6.92.